The van der Waals surface area contributed by atoms with E-state index >= 15 is 0 Å². The number of nitrogens with zero attached hydrogens (tertiary/aromatic N) is 1. The van der Waals surface area contributed by atoms with Crippen molar-refractivity contribution in [3.05, 3.63) is 35.4 Å². The maximum Gasteiger partial charge on any atom is 0.407 e. The highest BCUT2D eigenvalue weighted by atomic mass is 19.4. The summed E-state index contributed by atoms with van der Waals surface area (Å²) < 4.78 is 36.7. The number of halogens is 3. The number of hydrogen-bond donors (Lipinski definition) is 1. The van der Waals surface area contributed by atoms with E-state index in [2.05, 4.69) is 0 Å². The van der Waals surface area contributed by atoms with Crippen molar-refractivity contribution >= 4 is 11.9 Å². The van der Waals surface area contributed by atoms with Gasteiger partial charge >= 0.3 is 12.3 Å². The van der Waals surface area contributed by atoms with Crippen LogP contribution < -0.4 is 0 Å². The summed E-state index contributed by atoms with van der Waals surface area (Å²) in [7, 11) is 0. The smallest absolute Gasteiger partial charge is 0.407 e. The minimum Gasteiger partial charge on any atom is -0.465 e. The predicted octanol–water partition coefficient (Wildman–Crippen LogP) is 2.97. The molecule has 0 bridgehead atoms. The third-order valence-electron chi connectivity index (χ3n) is 3.52. The molecule has 1 aromatic carbocycles. The summed E-state index contributed by atoms with van der Waals surface area (Å²) in [6.07, 6.45) is -6.40. The highest BCUT2D eigenvalue weighted by molar-refractivity contribution is 6.01. The van der Waals surface area contributed by atoms with Crippen molar-refractivity contribution in [3.63, 3.8) is 0 Å². The molecule has 1 aromatic rings. The average Bonchev–Trinajstić information content (AvgIpc) is 2.33. The van der Waals surface area contributed by atoms with Gasteiger partial charge in [-0.2, -0.15) is 13.2 Å². The Morgan fingerprint density at radius 3 is 2.19 bits per heavy atom. The molecule has 7 heteroatoms. The van der Waals surface area contributed by atoms with Gasteiger partial charge in [0.25, 0.3) is 0 Å². The van der Waals surface area contributed by atoms with E-state index < -0.39 is 24.1 Å². The third kappa shape index (κ3) is 3.34. The molecule has 0 saturated carbocycles. The molecule has 1 heterocycles. The lowest BCUT2D eigenvalue weighted by molar-refractivity contribution is -0.127. The summed E-state index contributed by atoms with van der Waals surface area (Å²) in [5.41, 5.74) is -0.414. The third-order valence-corrected chi connectivity index (χ3v) is 3.52. The molecule has 4 nitrogen and oxygen atoms in total. The molecular formula is C14H14F3NO3. The van der Waals surface area contributed by atoms with E-state index in [1.54, 1.807) is 6.92 Å². The molecule has 1 N–H and O–H groups in total. The van der Waals surface area contributed by atoms with Gasteiger partial charge < -0.3 is 10.0 Å². The van der Waals surface area contributed by atoms with Crippen molar-refractivity contribution in [2.45, 2.75) is 19.5 Å². The van der Waals surface area contributed by atoms with Gasteiger partial charge in [-0.15, -0.1) is 0 Å². The lowest BCUT2D eigenvalue weighted by Gasteiger charge is -2.45. The summed E-state index contributed by atoms with van der Waals surface area (Å²) in [6, 6.07) is 5.27. The van der Waals surface area contributed by atoms with Crippen molar-refractivity contribution in [2.24, 2.45) is 5.41 Å². The Hall–Kier alpha value is -2.05. The molecule has 0 aliphatic carbocycles. The van der Waals surface area contributed by atoms with Gasteiger partial charge in [0.15, 0.2) is 5.78 Å². The van der Waals surface area contributed by atoms with E-state index in [1.807, 2.05) is 0 Å². The largest absolute Gasteiger partial charge is 0.465 e. The molecule has 0 atom stereocenters. The number of rotatable bonds is 3. The first kappa shape index (κ1) is 15.3. The number of alkyl halides is 3. The highest BCUT2D eigenvalue weighted by Gasteiger charge is 2.47. The number of benzene rings is 1. The van der Waals surface area contributed by atoms with Crippen LogP contribution in [0.1, 0.15) is 22.8 Å². The first-order valence-corrected chi connectivity index (χ1v) is 6.29. The van der Waals surface area contributed by atoms with Gasteiger partial charge in [0.1, 0.15) is 0 Å². The highest BCUT2D eigenvalue weighted by Crippen LogP contribution is 2.33. The number of ketones is 1. The second kappa shape index (κ2) is 5.05. The van der Waals surface area contributed by atoms with Crippen molar-refractivity contribution in [2.75, 3.05) is 13.1 Å². The van der Waals surface area contributed by atoms with E-state index in [1.165, 1.54) is 24.3 Å². The van der Waals surface area contributed by atoms with Crippen molar-refractivity contribution in [3.8, 4) is 0 Å². The molecule has 0 radical (unpaired) electrons. The van der Waals surface area contributed by atoms with Crippen molar-refractivity contribution < 1.29 is 27.9 Å². The Morgan fingerprint density at radius 1 is 1.24 bits per heavy atom. The minimum absolute atomic E-state index is 0.0879. The predicted molar refractivity (Wildman–Crippen MR) is 68.2 cm³/mol. The van der Waals surface area contributed by atoms with Crippen molar-refractivity contribution in [1.29, 1.82) is 0 Å². The van der Waals surface area contributed by atoms with Crippen LogP contribution in [0.15, 0.2) is 24.3 Å². The number of carbonyl (C=O) groups is 2. The SMILES string of the molecule is CC1(C(=O)c2ccc(CC(F)(F)F)cc2)CN(C(=O)O)C1. The zero-order valence-electron chi connectivity index (χ0n) is 11.3. The van der Waals surface area contributed by atoms with Crippen LogP contribution in [0.4, 0.5) is 18.0 Å². The maximum absolute atomic E-state index is 12.3. The van der Waals surface area contributed by atoms with Gasteiger partial charge in [0.2, 0.25) is 0 Å². The molecule has 2 rings (SSSR count). The molecule has 0 unspecified atom stereocenters. The zero-order chi connectivity index (χ0) is 15.8. The van der Waals surface area contributed by atoms with Crippen LogP contribution in [0.3, 0.4) is 0 Å². The van der Waals surface area contributed by atoms with Gasteiger partial charge in [-0.25, -0.2) is 4.79 Å². The van der Waals surface area contributed by atoms with Crippen LogP contribution >= 0.6 is 0 Å². The molecule has 21 heavy (non-hydrogen) atoms. The second-order valence-electron chi connectivity index (χ2n) is 5.52. The van der Waals surface area contributed by atoms with Gasteiger partial charge in [0.05, 0.1) is 11.8 Å². The van der Waals surface area contributed by atoms with E-state index in [0.29, 0.717) is 5.56 Å². The number of hydrogen-bond acceptors (Lipinski definition) is 2. The molecular weight excluding hydrogens is 287 g/mol. The Bertz CT molecular complexity index is 560. The van der Waals surface area contributed by atoms with Crippen LogP contribution in [-0.2, 0) is 6.42 Å². The van der Waals surface area contributed by atoms with Crippen LogP contribution in [-0.4, -0.2) is 41.1 Å². The molecule has 1 aliphatic heterocycles. The number of likely N-dealkylation sites (tertiary alicyclic amines) is 1. The number of carboxylic acid groups (broad SMARTS) is 1. The van der Waals surface area contributed by atoms with Crippen LogP contribution in [0.25, 0.3) is 0 Å². The fraction of sp³-hybridized carbons (Fsp3) is 0.429. The average molecular weight is 301 g/mol. The molecule has 1 saturated heterocycles. The lowest BCUT2D eigenvalue weighted by Crippen LogP contribution is -2.60. The quantitative estimate of drug-likeness (QED) is 0.873. The number of amides is 1. The summed E-state index contributed by atoms with van der Waals surface area (Å²) in [5.74, 6) is -0.251. The molecule has 1 amide bonds. The number of carbonyl (C=O) groups excluding carboxylic acids is 1. The summed E-state index contributed by atoms with van der Waals surface area (Å²) in [5, 5.41) is 8.77. The fourth-order valence-electron chi connectivity index (χ4n) is 2.43. The normalized spacial score (nSPS) is 17.2. The maximum atomic E-state index is 12.3. The Labute approximate surface area is 119 Å². The first-order valence-electron chi connectivity index (χ1n) is 6.29. The first-order chi connectivity index (χ1) is 9.61. The van der Waals surface area contributed by atoms with E-state index in [9.17, 15) is 22.8 Å². The molecule has 0 aromatic heterocycles. The summed E-state index contributed by atoms with van der Waals surface area (Å²) in [4.78, 5) is 24.1. The van der Waals surface area contributed by atoms with Gasteiger partial charge in [-0.3, -0.25) is 4.79 Å². The molecule has 1 fully saturated rings. The standard InChI is InChI=1S/C14H14F3NO3/c1-13(7-18(8-13)12(20)21)11(19)10-4-2-9(3-5-10)6-14(15,16)17/h2-5H,6-8H2,1H3,(H,20,21). The summed E-state index contributed by atoms with van der Waals surface area (Å²) in [6.45, 7) is 1.86. The van der Waals surface area contributed by atoms with Gasteiger partial charge in [0, 0.05) is 18.7 Å². The topological polar surface area (TPSA) is 57.6 Å². The Morgan fingerprint density at radius 2 is 1.76 bits per heavy atom. The van der Waals surface area contributed by atoms with E-state index in [-0.39, 0.29) is 24.4 Å². The van der Waals surface area contributed by atoms with Gasteiger partial charge in [-0.1, -0.05) is 24.3 Å². The van der Waals surface area contributed by atoms with Crippen LogP contribution in [0.2, 0.25) is 0 Å². The van der Waals surface area contributed by atoms with Crippen LogP contribution in [0.5, 0.6) is 0 Å². The fourth-order valence-corrected chi connectivity index (χ4v) is 2.43. The molecule has 114 valence electrons. The minimum atomic E-state index is -4.28. The number of Topliss-reactive ketones (excluding diaryl/α,β-unsaturated/α-hetero) is 1. The Balaban J connectivity index is 2.06. The monoisotopic (exact) mass is 301 g/mol. The molecule has 0 spiro atoms. The second-order valence-corrected chi connectivity index (χ2v) is 5.52. The Kier molecular flexibility index (Phi) is 3.69. The van der Waals surface area contributed by atoms with Crippen molar-refractivity contribution in [1.82, 2.24) is 4.90 Å². The molecule has 1 aliphatic rings. The van der Waals surface area contributed by atoms with E-state index in [0.717, 1.165) is 4.90 Å². The van der Waals surface area contributed by atoms with Crippen LogP contribution in [0, 0.1) is 5.41 Å². The zero-order valence-corrected chi connectivity index (χ0v) is 11.3. The lowest BCUT2D eigenvalue weighted by atomic mass is 9.75. The van der Waals surface area contributed by atoms with Gasteiger partial charge in [-0.05, 0) is 12.5 Å². The summed E-state index contributed by atoms with van der Waals surface area (Å²) >= 11 is 0. The van der Waals surface area contributed by atoms with E-state index in [4.69, 9.17) is 5.11 Å².